The molecule has 0 aliphatic carbocycles. The maximum atomic E-state index is 12.8. The zero-order chi connectivity index (χ0) is 17.3. The van der Waals surface area contributed by atoms with Gasteiger partial charge in [0, 0.05) is 23.6 Å². The van der Waals surface area contributed by atoms with Crippen molar-refractivity contribution in [3.8, 4) is 0 Å². The van der Waals surface area contributed by atoms with Gasteiger partial charge in [-0.3, -0.25) is 0 Å². The van der Waals surface area contributed by atoms with E-state index in [4.69, 9.17) is 23.2 Å². The summed E-state index contributed by atoms with van der Waals surface area (Å²) in [6.07, 6.45) is 0. The van der Waals surface area contributed by atoms with Crippen molar-refractivity contribution < 1.29 is 8.42 Å². The van der Waals surface area contributed by atoms with Gasteiger partial charge in [0.1, 0.15) is 0 Å². The third kappa shape index (κ3) is 3.42. The minimum absolute atomic E-state index is 0.172. The van der Waals surface area contributed by atoms with Gasteiger partial charge in [-0.2, -0.15) is 4.31 Å². The maximum absolute atomic E-state index is 12.8. The lowest BCUT2D eigenvalue weighted by Crippen LogP contribution is -2.26. The van der Waals surface area contributed by atoms with E-state index in [0.29, 0.717) is 15.6 Å². The van der Waals surface area contributed by atoms with Crippen molar-refractivity contribution in [2.75, 3.05) is 7.05 Å². The molecule has 6 heteroatoms. The van der Waals surface area contributed by atoms with Gasteiger partial charge in [-0.05, 0) is 40.6 Å². The largest absolute Gasteiger partial charge is 0.243 e. The van der Waals surface area contributed by atoms with E-state index < -0.39 is 10.0 Å². The van der Waals surface area contributed by atoms with Crippen LogP contribution >= 0.6 is 23.2 Å². The number of halogens is 2. The van der Waals surface area contributed by atoms with Crippen molar-refractivity contribution in [2.45, 2.75) is 11.4 Å². The van der Waals surface area contributed by atoms with Gasteiger partial charge < -0.3 is 0 Å². The van der Waals surface area contributed by atoms with Crippen LogP contribution in [0.3, 0.4) is 0 Å². The van der Waals surface area contributed by atoms with E-state index in [0.717, 1.165) is 10.8 Å². The van der Waals surface area contributed by atoms with Crippen LogP contribution in [0.25, 0.3) is 10.8 Å². The summed E-state index contributed by atoms with van der Waals surface area (Å²) in [5, 5.41) is 2.85. The molecule has 0 atom stereocenters. The van der Waals surface area contributed by atoms with E-state index >= 15 is 0 Å². The van der Waals surface area contributed by atoms with Gasteiger partial charge in [-0.25, -0.2) is 8.42 Å². The molecular weight excluding hydrogens is 365 g/mol. The molecular formula is C18H15Cl2NO2S. The molecule has 0 bridgehead atoms. The minimum Gasteiger partial charge on any atom is -0.207 e. The third-order valence-corrected chi connectivity index (χ3v) is 6.22. The van der Waals surface area contributed by atoms with Crippen LogP contribution in [0, 0.1) is 0 Å². The molecule has 0 saturated heterocycles. The van der Waals surface area contributed by atoms with Crippen LogP contribution in [0.1, 0.15) is 5.56 Å². The van der Waals surface area contributed by atoms with Crippen LogP contribution < -0.4 is 0 Å². The predicted molar refractivity (Wildman–Crippen MR) is 99.1 cm³/mol. The van der Waals surface area contributed by atoms with Gasteiger partial charge >= 0.3 is 0 Å². The molecule has 0 unspecified atom stereocenters. The minimum atomic E-state index is -3.61. The number of hydrogen-bond donors (Lipinski definition) is 0. The molecule has 0 radical (unpaired) electrons. The van der Waals surface area contributed by atoms with E-state index in [2.05, 4.69) is 0 Å². The van der Waals surface area contributed by atoms with Gasteiger partial charge in [-0.1, -0.05) is 59.6 Å². The zero-order valence-electron chi connectivity index (χ0n) is 12.9. The molecule has 0 spiro atoms. The molecule has 3 aromatic carbocycles. The Morgan fingerprint density at radius 2 is 1.62 bits per heavy atom. The Labute approximate surface area is 151 Å². The monoisotopic (exact) mass is 379 g/mol. The third-order valence-electron chi connectivity index (χ3n) is 3.84. The number of fused-ring (bicyclic) bond motifs is 1. The van der Waals surface area contributed by atoms with Crippen molar-refractivity contribution >= 4 is 44.0 Å². The van der Waals surface area contributed by atoms with Gasteiger partial charge in [0.05, 0.1) is 4.90 Å². The van der Waals surface area contributed by atoms with Crippen LogP contribution in [0.2, 0.25) is 10.0 Å². The van der Waals surface area contributed by atoms with Crippen LogP contribution in [0.4, 0.5) is 0 Å². The first kappa shape index (κ1) is 17.2. The Kier molecular flexibility index (Phi) is 4.83. The summed E-state index contributed by atoms with van der Waals surface area (Å²) >= 11 is 12.0. The molecule has 0 aliphatic rings. The summed E-state index contributed by atoms with van der Waals surface area (Å²) < 4.78 is 26.9. The van der Waals surface area contributed by atoms with Gasteiger partial charge in [0.15, 0.2) is 0 Å². The molecule has 3 aromatic rings. The lowest BCUT2D eigenvalue weighted by molar-refractivity contribution is 0.467. The van der Waals surface area contributed by atoms with Gasteiger partial charge in [-0.15, -0.1) is 0 Å². The summed E-state index contributed by atoms with van der Waals surface area (Å²) in [4.78, 5) is 0.258. The lowest BCUT2D eigenvalue weighted by Gasteiger charge is -2.18. The SMILES string of the molecule is CN(Cc1ccc(Cl)cc1Cl)S(=O)(=O)c1ccc2ccccc2c1. The molecule has 0 N–H and O–H groups in total. The number of nitrogens with zero attached hydrogens (tertiary/aromatic N) is 1. The molecule has 0 amide bonds. The number of rotatable bonds is 4. The van der Waals surface area contributed by atoms with Crippen LogP contribution in [-0.2, 0) is 16.6 Å². The second-order valence-electron chi connectivity index (χ2n) is 5.51. The van der Waals surface area contributed by atoms with Crippen molar-refractivity contribution in [3.63, 3.8) is 0 Å². The lowest BCUT2D eigenvalue weighted by atomic mass is 10.1. The Morgan fingerprint density at radius 3 is 2.33 bits per heavy atom. The fourth-order valence-electron chi connectivity index (χ4n) is 2.48. The van der Waals surface area contributed by atoms with Crippen molar-refractivity contribution in [2.24, 2.45) is 0 Å². The average Bonchev–Trinajstić information content (AvgIpc) is 2.56. The molecule has 0 fully saturated rings. The van der Waals surface area contributed by atoms with Gasteiger partial charge in [0.2, 0.25) is 10.0 Å². The second kappa shape index (κ2) is 6.73. The molecule has 0 aliphatic heterocycles. The van der Waals surface area contributed by atoms with E-state index in [1.165, 1.54) is 11.4 Å². The highest BCUT2D eigenvalue weighted by Gasteiger charge is 2.22. The van der Waals surface area contributed by atoms with Crippen LogP contribution in [0.15, 0.2) is 65.6 Å². The molecule has 3 nitrogen and oxygen atoms in total. The first-order valence-corrected chi connectivity index (χ1v) is 9.46. The Morgan fingerprint density at radius 1 is 0.917 bits per heavy atom. The van der Waals surface area contributed by atoms with E-state index in [1.54, 1.807) is 30.3 Å². The Balaban J connectivity index is 1.93. The second-order valence-corrected chi connectivity index (χ2v) is 8.39. The van der Waals surface area contributed by atoms with Crippen molar-refractivity contribution in [3.05, 3.63) is 76.3 Å². The molecule has 124 valence electrons. The first-order valence-electron chi connectivity index (χ1n) is 7.27. The highest BCUT2D eigenvalue weighted by atomic mass is 35.5. The predicted octanol–water partition coefficient (Wildman–Crippen LogP) is 4.97. The fraction of sp³-hybridized carbons (Fsp3) is 0.111. The van der Waals surface area contributed by atoms with E-state index in [-0.39, 0.29) is 11.4 Å². The molecule has 0 saturated carbocycles. The fourth-order valence-corrected chi connectivity index (χ4v) is 4.14. The number of benzene rings is 3. The first-order chi connectivity index (χ1) is 11.4. The molecule has 24 heavy (non-hydrogen) atoms. The summed E-state index contributed by atoms with van der Waals surface area (Å²) in [7, 11) is -2.08. The van der Waals surface area contributed by atoms with Gasteiger partial charge in [0.25, 0.3) is 0 Å². The average molecular weight is 380 g/mol. The smallest absolute Gasteiger partial charge is 0.207 e. The van der Waals surface area contributed by atoms with Crippen molar-refractivity contribution in [1.29, 1.82) is 0 Å². The normalized spacial score (nSPS) is 12.0. The van der Waals surface area contributed by atoms with E-state index in [9.17, 15) is 8.42 Å². The van der Waals surface area contributed by atoms with Crippen molar-refractivity contribution in [1.82, 2.24) is 4.31 Å². The Bertz CT molecular complexity index is 1000. The maximum Gasteiger partial charge on any atom is 0.243 e. The standard InChI is InChI=1S/C18H15Cl2NO2S/c1-21(12-15-6-8-16(19)11-18(15)20)24(22,23)17-9-7-13-4-2-3-5-14(13)10-17/h2-11H,12H2,1H3. The highest BCUT2D eigenvalue weighted by Crippen LogP contribution is 2.25. The molecule has 0 aromatic heterocycles. The number of sulfonamides is 1. The topological polar surface area (TPSA) is 37.4 Å². The summed E-state index contributed by atoms with van der Waals surface area (Å²) in [5.74, 6) is 0. The quantitative estimate of drug-likeness (QED) is 0.641. The number of hydrogen-bond acceptors (Lipinski definition) is 2. The molecule has 0 heterocycles. The summed E-state index contributed by atoms with van der Waals surface area (Å²) in [6, 6.07) is 17.8. The molecule has 3 rings (SSSR count). The summed E-state index contributed by atoms with van der Waals surface area (Å²) in [6.45, 7) is 0.172. The van der Waals surface area contributed by atoms with E-state index in [1.807, 2.05) is 30.3 Å². The van der Waals surface area contributed by atoms with Crippen LogP contribution in [0.5, 0.6) is 0 Å². The van der Waals surface area contributed by atoms with Crippen LogP contribution in [-0.4, -0.2) is 19.8 Å². The highest BCUT2D eigenvalue weighted by molar-refractivity contribution is 7.89. The zero-order valence-corrected chi connectivity index (χ0v) is 15.2. The summed E-state index contributed by atoms with van der Waals surface area (Å²) in [5.41, 5.74) is 0.702. The Hall–Kier alpha value is -1.59.